The molecular weight excluding hydrogens is 1700 g/mol. The quantitative estimate of drug-likeness (QED) is 0.0134. The van der Waals surface area contributed by atoms with E-state index in [4.69, 9.17) is 48.5 Å². The SMILES string of the molecule is CC(C)Oc1ccc(S(=O)(=O)N2CCC(O)CC2)cc1.CCOC(=O)C=Cc1cc(C)ccc1O.CCOC(=O)C=Cc1cc(C)ccc1OC1CCN(S(=O)(=O)c2ccc(OC(C)C)cc2)CC1.Cc1ccc(O)c(C=O)c1.Cc1ccc(OC2CCN(S(=O)(=O)c3ccc(OC(C)C)cc3)CC2)c(/C=C/C(=O)O)c1.OC1CCNCC1.[I-]. The van der Waals surface area contributed by atoms with Gasteiger partial charge in [0.15, 0.2) is 6.29 Å². The van der Waals surface area contributed by atoms with Gasteiger partial charge in [0.05, 0.1) is 64.0 Å². The van der Waals surface area contributed by atoms with Crippen molar-refractivity contribution in [2.75, 3.05) is 65.6 Å². The molecule has 7 aromatic rings. The zero-order valence-electron chi connectivity index (χ0n) is 69.8. The summed E-state index contributed by atoms with van der Waals surface area (Å²) in [7, 11) is -10.6. The number of esters is 2. The maximum Gasteiger partial charge on any atom is 0.330 e. The van der Waals surface area contributed by atoms with E-state index in [1.165, 1.54) is 37.2 Å². The fourth-order valence-corrected chi connectivity index (χ4v) is 16.6. The molecule has 650 valence electrons. The van der Waals surface area contributed by atoms with Gasteiger partial charge < -0.3 is 88.0 Å². The molecule has 0 atom stereocenters. The Morgan fingerprint density at radius 3 is 1.03 bits per heavy atom. The number of aliphatic carboxylic acids is 1. The Kier molecular flexibility index (Phi) is 42.3. The van der Waals surface area contributed by atoms with Crippen LogP contribution >= 0.6 is 0 Å². The number of nitrogens with zero attached hydrogens (tertiary/aromatic N) is 3. The Morgan fingerprint density at radius 2 is 0.723 bits per heavy atom. The largest absolute Gasteiger partial charge is 1.00 e. The van der Waals surface area contributed by atoms with E-state index in [0.29, 0.717) is 143 Å². The number of sulfonamides is 3. The Hall–Kier alpha value is -9.22. The van der Waals surface area contributed by atoms with Crippen molar-refractivity contribution in [3.8, 4) is 40.2 Å². The summed E-state index contributed by atoms with van der Waals surface area (Å²) in [4.78, 5) is 44.6. The molecule has 11 rings (SSSR count). The Labute approximate surface area is 719 Å². The van der Waals surface area contributed by atoms with Gasteiger partial charge in [-0.2, -0.15) is 12.9 Å². The van der Waals surface area contributed by atoms with Crippen LogP contribution in [-0.2, 0) is 53.9 Å². The third-order valence-corrected chi connectivity index (χ3v) is 24.0. The number of phenolic OH excluding ortho intramolecular Hbond substituents is 2. The number of benzene rings is 7. The first-order valence-electron chi connectivity index (χ1n) is 39.6. The molecule has 0 aliphatic carbocycles. The van der Waals surface area contributed by atoms with E-state index in [9.17, 15) is 54.6 Å². The number of aliphatic hydroxyl groups excluding tert-OH is 2. The summed E-state index contributed by atoms with van der Waals surface area (Å²) < 4.78 is 120. The van der Waals surface area contributed by atoms with Gasteiger partial charge >= 0.3 is 17.9 Å². The number of ether oxygens (including phenoxy) is 7. The van der Waals surface area contributed by atoms with Crippen LogP contribution in [0.2, 0.25) is 0 Å². The second-order valence-corrected chi connectivity index (χ2v) is 35.0. The van der Waals surface area contributed by atoms with Crippen molar-refractivity contribution in [2.45, 2.75) is 192 Å². The van der Waals surface area contributed by atoms with E-state index in [-0.39, 0.29) is 92.9 Å². The summed E-state index contributed by atoms with van der Waals surface area (Å²) in [5.74, 6) is 1.55. The van der Waals surface area contributed by atoms with E-state index in [1.807, 2.05) is 106 Å². The van der Waals surface area contributed by atoms with Crippen LogP contribution in [0.1, 0.15) is 156 Å². The minimum Gasteiger partial charge on any atom is -1.00 e. The first kappa shape index (κ1) is 100. The van der Waals surface area contributed by atoms with Gasteiger partial charge in [0.1, 0.15) is 52.5 Å². The first-order chi connectivity index (χ1) is 56.0. The molecule has 7 aromatic carbocycles. The van der Waals surface area contributed by atoms with Gasteiger partial charge in [-0.15, -0.1) is 0 Å². The number of aromatic hydroxyl groups is 2. The summed E-state index contributed by atoms with van der Waals surface area (Å²) >= 11 is 0. The third-order valence-electron chi connectivity index (χ3n) is 18.2. The highest BCUT2D eigenvalue weighted by Gasteiger charge is 2.33. The normalized spacial score (nSPS) is 15.4. The minimum atomic E-state index is -3.59. The number of phenols is 2. The van der Waals surface area contributed by atoms with Crippen LogP contribution in [0, 0.1) is 27.7 Å². The van der Waals surface area contributed by atoms with Crippen molar-refractivity contribution >= 4 is 72.5 Å². The van der Waals surface area contributed by atoms with Gasteiger partial charge in [-0.25, -0.2) is 39.6 Å². The maximum absolute atomic E-state index is 13.1. The molecule has 0 spiro atoms. The average molecular weight is 1820 g/mol. The number of aldehydes is 1. The second-order valence-electron chi connectivity index (χ2n) is 29.1. The predicted molar refractivity (Wildman–Crippen MR) is 455 cm³/mol. The van der Waals surface area contributed by atoms with Gasteiger partial charge in [-0.05, 0) is 287 Å². The molecular formula is C89H116IN4O22S3-. The lowest BCUT2D eigenvalue weighted by molar-refractivity contribution is -0.138. The van der Waals surface area contributed by atoms with Crippen molar-refractivity contribution < 1.29 is 127 Å². The van der Waals surface area contributed by atoms with Crippen LogP contribution in [-0.4, -0.2) is 196 Å². The van der Waals surface area contributed by atoms with E-state index in [2.05, 4.69) is 5.32 Å². The molecule has 4 saturated heterocycles. The van der Waals surface area contributed by atoms with Crippen molar-refractivity contribution in [2.24, 2.45) is 0 Å². The fourth-order valence-electron chi connectivity index (χ4n) is 12.2. The zero-order chi connectivity index (χ0) is 86.7. The lowest BCUT2D eigenvalue weighted by atomic mass is 10.1. The Morgan fingerprint density at radius 1 is 0.429 bits per heavy atom. The van der Waals surface area contributed by atoms with E-state index >= 15 is 0 Å². The number of carboxylic acids is 1. The summed E-state index contributed by atoms with van der Waals surface area (Å²) in [6, 6.07) is 41.0. The average Bonchev–Trinajstić information content (AvgIpc) is 0.805. The number of rotatable bonds is 25. The van der Waals surface area contributed by atoms with Crippen LogP contribution in [0.15, 0.2) is 179 Å². The molecule has 0 saturated carbocycles. The smallest absolute Gasteiger partial charge is 0.330 e. The van der Waals surface area contributed by atoms with Crippen LogP contribution in [0.25, 0.3) is 18.2 Å². The third kappa shape index (κ3) is 34.4. The molecule has 4 fully saturated rings. The minimum absolute atomic E-state index is 0. The molecule has 4 heterocycles. The second kappa shape index (κ2) is 50.1. The van der Waals surface area contributed by atoms with Gasteiger partial charge in [0.2, 0.25) is 30.1 Å². The maximum atomic E-state index is 13.1. The highest BCUT2D eigenvalue weighted by molar-refractivity contribution is 7.89. The fraction of sp³-hybridized carbons (Fsp3) is 0.416. The van der Waals surface area contributed by atoms with E-state index < -0.39 is 48.0 Å². The van der Waals surface area contributed by atoms with Crippen molar-refractivity contribution in [3.05, 3.63) is 208 Å². The van der Waals surface area contributed by atoms with Crippen LogP contribution in [0.5, 0.6) is 40.2 Å². The molecule has 0 aromatic heterocycles. The predicted octanol–water partition coefficient (Wildman–Crippen LogP) is 10.8. The van der Waals surface area contributed by atoms with Crippen molar-refractivity contribution in [1.82, 2.24) is 18.2 Å². The zero-order valence-corrected chi connectivity index (χ0v) is 74.4. The van der Waals surface area contributed by atoms with Gasteiger partial charge in [-0.1, -0.05) is 46.5 Å². The number of aryl methyl sites for hydroxylation is 4. The number of hydrogen-bond donors (Lipinski definition) is 6. The number of aliphatic hydroxyl groups is 2. The lowest BCUT2D eigenvalue weighted by Gasteiger charge is -2.31. The molecule has 0 bridgehead atoms. The molecule has 30 heteroatoms. The molecule has 119 heavy (non-hydrogen) atoms. The molecule has 26 nitrogen and oxygen atoms in total. The molecule has 0 radical (unpaired) electrons. The highest BCUT2D eigenvalue weighted by atomic mass is 127. The standard InChI is InChI=1S/C26H33NO6S.C24H29NO6S.C14H21NO4S.C12H14O3.C8H8O2.C5H11NO.HI/c1-5-31-26(28)13-7-21-18-20(4)6-12-25(21)33-23-14-16-27(17-15-23)34(29,30)24-10-8-22(9-11-24)32-19(2)3;1-17(2)30-20-6-8-22(9-7-20)32(28,29)25-14-12-21(13-15-25)31-23-10-4-18(3)16-19(23)5-11-24(26)27;1-11(2)19-13-3-5-14(6-4-13)20(17,18)15-9-7-12(16)8-10-15;1-3-15-12(14)7-5-10-8-9(2)4-6-11(10)13;1-6-2-3-8(10)7(4-6)5-9;7-5-1-3-6-4-2-5;/h6-13,18-19,23H,5,14-17H2,1-4H3;4-11,16-17,21H,12-15H2,1-3H3,(H,26,27);3-6,11-12,16H,7-10H2,1-2H3;4-8,13H,3H2,1-2H3;2-5,10H,1H3;5-7H,1-4H2;1H/p-1/b;11-5+;;;;;. The van der Waals surface area contributed by atoms with Crippen LogP contribution in [0.3, 0.4) is 0 Å². The number of piperidine rings is 4. The Bertz CT molecular complexity index is 4780. The topological polar surface area (TPSA) is 358 Å². The highest BCUT2D eigenvalue weighted by Crippen LogP contribution is 2.32. The van der Waals surface area contributed by atoms with Crippen molar-refractivity contribution in [1.29, 1.82) is 0 Å². The van der Waals surface area contributed by atoms with E-state index in [1.54, 1.807) is 129 Å². The van der Waals surface area contributed by atoms with E-state index in [0.717, 1.165) is 59.8 Å². The van der Waals surface area contributed by atoms with Gasteiger partial charge in [0, 0.05) is 74.2 Å². The number of hydrogen-bond acceptors (Lipinski definition) is 22. The molecule has 0 amide bonds. The summed E-state index contributed by atoms with van der Waals surface area (Å²) in [6.07, 6.45) is 13.6. The first-order valence-corrected chi connectivity index (χ1v) is 43.9. The number of nitrogens with one attached hydrogen (secondary N) is 1. The van der Waals surface area contributed by atoms with Gasteiger partial charge in [-0.3, -0.25) is 4.79 Å². The van der Waals surface area contributed by atoms with Crippen LogP contribution < -0.4 is 53.0 Å². The summed E-state index contributed by atoms with van der Waals surface area (Å²) in [5, 5.41) is 48.9. The number of carbonyl (C=O) groups is 4. The summed E-state index contributed by atoms with van der Waals surface area (Å²) in [5.41, 5.74) is 6.46. The summed E-state index contributed by atoms with van der Waals surface area (Å²) in [6.45, 7) is 27.5. The number of halogens is 1. The molecule has 0 unspecified atom stereocenters. The molecule has 6 N–H and O–H groups in total. The van der Waals surface area contributed by atoms with Crippen molar-refractivity contribution in [3.63, 3.8) is 0 Å². The lowest BCUT2D eigenvalue weighted by Crippen LogP contribution is -3.00. The van der Waals surface area contributed by atoms with Crippen LogP contribution in [0.4, 0.5) is 0 Å². The Balaban J connectivity index is 0.000000272. The molecule has 4 aliphatic rings. The number of carbonyl (C=O) groups excluding carboxylic acids is 3. The number of carboxylic acid groups (broad SMARTS) is 1. The monoisotopic (exact) mass is 1820 g/mol. The molecule has 4 aliphatic heterocycles. The van der Waals surface area contributed by atoms with Gasteiger partial charge in [0.25, 0.3) is 0 Å².